The third-order valence-corrected chi connectivity index (χ3v) is 4.60. The normalized spacial score (nSPS) is 47.3. The summed E-state index contributed by atoms with van der Waals surface area (Å²) in [7, 11) is 0. The molecule has 0 aromatic carbocycles. The molecule has 0 radical (unpaired) electrons. The van der Waals surface area contributed by atoms with E-state index >= 15 is 0 Å². The van der Waals surface area contributed by atoms with Crippen LogP contribution in [0.1, 0.15) is 12.8 Å². The van der Waals surface area contributed by atoms with Crippen molar-refractivity contribution < 1.29 is 5.11 Å². The second-order valence-corrected chi connectivity index (χ2v) is 5.72. The average Bonchev–Trinajstić information content (AvgIpc) is 2.54. The van der Waals surface area contributed by atoms with Gasteiger partial charge in [0.1, 0.15) is 0 Å². The summed E-state index contributed by atoms with van der Waals surface area (Å²) in [6.45, 7) is 0. The van der Waals surface area contributed by atoms with Crippen molar-refractivity contribution in [3.63, 3.8) is 0 Å². The van der Waals surface area contributed by atoms with Gasteiger partial charge in [-0.25, -0.2) is 0 Å². The van der Waals surface area contributed by atoms with Crippen LogP contribution in [0, 0.1) is 23.7 Å². The molecule has 1 saturated carbocycles. The molecule has 0 bridgehead atoms. The lowest BCUT2D eigenvalue weighted by Crippen LogP contribution is -2.22. The second-order valence-electron chi connectivity index (χ2n) is 4.80. The molecule has 3 rings (SSSR count). The van der Waals surface area contributed by atoms with E-state index in [1.54, 1.807) is 0 Å². The number of allylic oxidation sites excluding steroid dienone is 4. The van der Waals surface area contributed by atoms with E-state index in [2.05, 4.69) is 46.3 Å². The molecule has 1 nitrogen and oxygen atoms in total. The number of hydrogen-bond donors (Lipinski definition) is 1. The summed E-state index contributed by atoms with van der Waals surface area (Å²) in [6, 6.07) is 0. The van der Waals surface area contributed by atoms with Gasteiger partial charge >= 0.3 is 0 Å². The lowest BCUT2D eigenvalue weighted by molar-refractivity contribution is 0.114. The molecule has 0 amide bonds. The van der Waals surface area contributed by atoms with E-state index in [0.29, 0.717) is 23.7 Å². The van der Waals surface area contributed by atoms with Gasteiger partial charge in [0.15, 0.2) is 0 Å². The highest BCUT2D eigenvalue weighted by atomic mass is 79.9. The minimum Gasteiger partial charge on any atom is -0.392 e. The molecule has 5 atom stereocenters. The number of aliphatic hydroxyl groups excluding tert-OH is 1. The summed E-state index contributed by atoms with van der Waals surface area (Å²) in [6.07, 6.45) is 13.3. The van der Waals surface area contributed by atoms with Gasteiger partial charge in [-0.05, 0) is 24.7 Å². The van der Waals surface area contributed by atoms with Crippen LogP contribution in [0.2, 0.25) is 0 Å². The fourth-order valence-electron chi connectivity index (χ4n) is 3.39. The number of fused-ring (bicyclic) bond motifs is 3. The van der Waals surface area contributed by atoms with Crippen LogP contribution in [-0.2, 0) is 0 Å². The maximum absolute atomic E-state index is 10.3. The third-order valence-electron chi connectivity index (χ3n) is 4.08. The first-order chi connectivity index (χ1) is 7.27. The van der Waals surface area contributed by atoms with Gasteiger partial charge in [0.05, 0.1) is 6.10 Å². The lowest BCUT2D eigenvalue weighted by atomic mass is 9.80. The van der Waals surface area contributed by atoms with Gasteiger partial charge in [-0.15, -0.1) is 0 Å². The standard InChI is InChI=1S/C13H15BrO/c14-8-5-6-10-9-3-1-2-4-11(9)13(15)12(10)7-8/h2,4-7,9-13,15H,1,3H2. The Morgan fingerprint density at radius 2 is 2.07 bits per heavy atom. The van der Waals surface area contributed by atoms with Gasteiger partial charge in [0.25, 0.3) is 0 Å². The third kappa shape index (κ3) is 1.46. The van der Waals surface area contributed by atoms with Crippen molar-refractivity contribution in [3.05, 3.63) is 34.9 Å². The lowest BCUT2D eigenvalue weighted by Gasteiger charge is -2.25. The average molecular weight is 267 g/mol. The molecule has 80 valence electrons. The van der Waals surface area contributed by atoms with E-state index in [1.165, 1.54) is 12.8 Å². The van der Waals surface area contributed by atoms with Crippen molar-refractivity contribution in [2.75, 3.05) is 0 Å². The molecule has 0 aliphatic heterocycles. The van der Waals surface area contributed by atoms with E-state index in [9.17, 15) is 5.11 Å². The topological polar surface area (TPSA) is 20.2 Å². The van der Waals surface area contributed by atoms with Crippen LogP contribution in [0.3, 0.4) is 0 Å². The Morgan fingerprint density at radius 3 is 2.93 bits per heavy atom. The van der Waals surface area contributed by atoms with Gasteiger partial charge in [-0.1, -0.05) is 46.3 Å². The maximum atomic E-state index is 10.3. The van der Waals surface area contributed by atoms with Crippen LogP contribution >= 0.6 is 15.9 Å². The van der Waals surface area contributed by atoms with Gasteiger partial charge in [-0.3, -0.25) is 0 Å². The predicted octanol–water partition coefficient (Wildman–Crippen LogP) is 3.02. The van der Waals surface area contributed by atoms with Crippen LogP contribution < -0.4 is 0 Å². The Kier molecular flexibility index (Phi) is 2.37. The second kappa shape index (κ2) is 3.60. The SMILES string of the molecule is OC1C2C=C(Br)C=CC2C2CCC=CC12. The fourth-order valence-corrected chi connectivity index (χ4v) is 3.84. The molecule has 1 N–H and O–H groups in total. The first-order valence-corrected chi connectivity index (χ1v) is 6.47. The summed E-state index contributed by atoms with van der Waals surface area (Å²) in [4.78, 5) is 0. The highest BCUT2D eigenvalue weighted by molar-refractivity contribution is 9.11. The number of halogens is 1. The summed E-state index contributed by atoms with van der Waals surface area (Å²) in [5.74, 6) is 1.91. The fraction of sp³-hybridized carbons (Fsp3) is 0.538. The van der Waals surface area contributed by atoms with Crippen LogP contribution in [0.25, 0.3) is 0 Å². The van der Waals surface area contributed by atoms with Crippen molar-refractivity contribution in [2.45, 2.75) is 18.9 Å². The van der Waals surface area contributed by atoms with Gasteiger partial charge in [0.2, 0.25) is 0 Å². The summed E-state index contributed by atoms with van der Waals surface area (Å²) >= 11 is 3.50. The minimum absolute atomic E-state index is 0.186. The van der Waals surface area contributed by atoms with Crippen LogP contribution in [0.4, 0.5) is 0 Å². The summed E-state index contributed by atoms with van der Waals surface area (Å²) in [5, 5.41) is 10.3. The van der Waals surface area contributed by atoms with Gasteiger partial charge < -0.3 is 5.11 Å². The Morgan fingerprint density at radius 1 is 1.20 bits per heavy atom. The van der Waals surface area contributed by atoms with E-state index < -0.39 is 0 Å². The molecule has 0 heterocycles. The zero-order valence-corrected chi connectivity index (χ0v) is 10.1. The van der Waals surface area contributed by atoms with E-state index in [-0.39, 0.29) is 6.10 Å². The molecule has 0 spiro atoms. The molecule has 3 aliphatic carbocycles. The van der Waals surface area contributed by atoms with Gasteiger partial charge in [0, 0.05) is 16.3 Å². The molecule has 0 aromatic rings. The maximum Gasteiger partial charge on any atom is 0.0674 e. The van der Waals surface area contributed by atoms with Crippen molar-refractivity contribution in [1.82, 2.24) is 0 Å². The number of rotatable bonds is 0. The van der Waals surface area contributed by atoms with Crippen molar-refractivity contribution in [3.8, 4) is 0 Å². The van der Waals surface area contributed by atoms with E-state index in [0.717, 1.165) is 4.48 Å². The van der Waals surface area contributed by atoms with Crippen LogP contribution in [-0.4, -0.2) is 11.2 Å². The molecular weight excluding hydrogens is 252 g/mol. The van der Waals surface area contributed by atoms with E-state index in [1.807, 2.05) is 0 Å². The molecule has 0 saturated heterocycles. The quantitative estimate of drug-likeness (QED) is 0.669. The first kappa shape index (κ1) is 9.86. The Labute approximate surface area is 98.7 Å². The monoisotopic (exact) mass is 266 g/mol. The molecule has 0 aromatic heterocycles. The Bertz CT molecular complexity index is 356. The Balaban J connectivity index is 1.96. The molecular formula is C13H15BrO. The zero-order valence-electron chi connectivity index (χ0n) is 8.51. The first-order valence-electron chi connectivity index (χ1n) is 5.67. The summed E-state index contributed by atoms with van der Waals surface area (Å²) in [5.41, 5.74) is 0. The predicted molar refractivity (Wildman–Crippen MR) is 64.5 cm³/mol. The number of aliphatic hydroxyl groups is 1. The van der Waals surface area contributed by atoms with Crippen LogP contribution in [0.15, 0.2) is 34.9 Å². The Hall–Kier alpha value is -0.340. The van der Waals surface area contributed by atoms with Gasteiger partial charge in [-0.2, -0.15) is 0 Å². The highest BCUT2D eigenvalue weighted by Gasteiger charge is 2.47. The largest absolute Gasteiger partial charge is 0.392 e. The van der Waals surface area contributed by atoms with Crippen molar-refractivity contribution in [2.24, 2.45) is 23.7 Å². The molecule has 15 heavy (non-hydrogen) atoms. The van der Waals surface area contributed by atoms with Crippen molar-refractivity contribution >= 4 is 15.9 Å². The van der Waals surface area contributed by atoms with Crippen LogP contribution in [0.5, 0.6) is 0 Å². The number of hydrogen-bond acceptors (Lipinski definition) is 1. The summed E-state index contributed by atoms with van der Waals surface area (Å²) < 4.78 is 1.12. The molecule has 5 unspecified atom stereocenters. The molecule has 1 fully saturated rings. The highest BCUT2D eigenvalue weighted by Crippen LogP contribution is 2.50. The molecule has 3 aliphatic rings. The minimum atomic E-state index is -0.186. The smallest absolute Gasteiger partial charge is 0.0674 e. The van der Waals surface area contributed by atoms with Crippen molar-refractivity contribution in [1.29, 1.82) is 0 Å². The molecule has 2 heteroatoms. The van der Waals surface area contributed by atoms with E-state index in [4.69, 9.17) is 0 Å². The zero-order chi connectivity index (χ0) is 10.4.